The largest absolute Gasteiger partial charge is 0.384 e. The lowest BCUT2D eigenvalue weighted by Gasteiger charge is -2.43. The molecule has 1 fully saturated rings. The second kappa shape index (κ2) is 6.42. The number of benzene rings is 2. The van der Waals surface area contributed by atoms with Crippen molar-refractivity contribution in [3.05, 3.63) is 71.3 Å². The molecule has 0 saturated carbocycles. The third-order valence-corrected chi connectivity index (χ3v) is 4.73. The molecule has 5 heteroatoms. The summed E-state index contributed by atoms with van der Waals surface area (Å²) in [5.41, 5.74) is -0.485. The predicted molar refractivity (Wildman–Crippen MR) is 86.6 cm³/mol. The molecule has 0 aromatic heterocycles. The Morgan fingerprint density at radius 3 is 2.21 bits per heavy atom. The number of ketones is 1. The maximum atomic E-state index is 13.2. The molecule has 0 radical (unpaired) electrons. The molecule has 0 amide bonds. The number of hydrogen-bond acceptors (Lipinski definition) is 3. The molecule has 1 saturated heterocycles. The minimum atomic E-state index is -1.37. The van der Waals surface area contributed by atoms with Gasteiger partial charge < -0.3 is 10.0 Å². The van der Waals surface area contributed by atoms with Gasteiger partial charge in [-0.3, -0.25) is 4.79 Å². The fraction of sp³-hybridized carbons (Fsp3) is 0.316. The maximum absolute atomic E-state index is 13.2. The lowest BCUT2D eigenvalue weighted by atomic mass is 9.73. The summed E-state index contributed by atoms with van der Waals surface area (Å²) in [5, 5.41) is 11.3. The summed E-state index contributed by atoms with van der Waals surface area (Å²) in [6.45, 7) is 1.01. The molecule has 0 spiro atoms. The second-order valence-corrected chi connectivity index (χ2v) is 6.37. The number of piperidine rings is 1. The number of carbonyl (C=O) groups excluding carboxylic acids is 1. The topological polar surface area (TPSA) is 40.5 Å². The molecule has 126 valence electrons. The molecule has 2 atom stereocenters. The molecular formula is C19H19F2NO2. The van der Waals surface area contributed by atoms with E-state index < -0.39 is 23.2 Å². The van der Waals surface area contributed by atoms with Crippen molar-refractivity contribution >= 4 is 5.78 Å². The van der Waals surface area contributed by atoms with E-state index in [2.05, 4.69) is 0 Å². The summed E-state index contributed by atoms with van der Waals surface area (Å²) in [7, 11) is 1.88. The quantitative estimate of drug-likeness (QED) is 0.879. The Kier molecular flexibility index (Phi) is 4.47. The van der Waals surface area contributed by atoms with Crippen molar-refractivity contribution in [2.24, 2.45) is 5.92 Å². The first-order chi connectivity index (χ1) is 11.4. The third-order valence-electron chi connectivity index (χ3n) is 4.73. The molecule has 1 heterocycles. The van der Waals surface area contributed by atoms with E-state index in [0.717, 1.165) is 0 Å². The van der Waals surface area contributed by atoms with Crippen molar-refractivity contribution in [1.29, 1.82) is 0 Å². The molecule has 1 aliphatic heterocycles. The molecule has 1 aliphatic rings. The number of aliphatic hydroxyl groups is 1. The highest BCUT2D eigenvalue weighted by Gasteiger charge is 2.46. The molecule has 0 bridgehead atoms. The van der Waals surface area contributed by atoms with Crippen LogP contribution in [0.2, 0.25) is 0 Å². The minimum absolute atomic E-state index is 0.242. The van der Waals surface area contributed by atoms with Crippen LogP contribution in [0, 0.1) is 17.6 Å². The van der Waals surface area contributed by atoms with Crippen molar-refractivity contribution in [1.82, 2.24) is 4.90 Å². The Bertz CT molecular complexity index is 730. The molecule has 24 heavy (non-hydrogen) atoms. The van der Waals surface area contributed by atoms with Gasteiger partial charge in [-0.25, -0.2) is 8.78 Å². The summed E-state index contributed by atoms with van der Waals surface area (Å²) < 4.78 is 26.3. The summed E-state index contributed by atoms with van der Waals surface area (Å²) in [6, 6.07) is 10.9. The monoisotopic (exact) mass is 331 g/mol. The molecule has 2 aromatic rings. The highest BCUT2D eigenvalue weighted by molar-refractivity contribution is 5.99. The van der Waals surface area contributed by atoms with E-state index >= 15 is 0 Å². The Morgan fingerprint density at radius 1 is 1.08 bits per heavy atom. The van der Waals surface area contributed by atoms with E-state index in [1.54, 1.807) is 0 Å². The van der Waals surface area contributed by atoms with Crippen LogP contribution in [0.3, 0.4) is 0 Å². The van der Waals surface area contributed by atoms with Crippen LogP contribution < -0.4 is 0 Å². The van der Waals surface area contributed by atoms with Crippen LogP contribution in [0.15, 0.2) is 48.5 Å². The van der Waals surface area contributed by atoms with E-state index in [-0.39, 0.29) is 5.78 Å². The normalized spacial score (nSPS) is 24.8. The van der Waals surface area contributed by atoms with Gasteiger partial charge in [0.1, 0.15) is 17.2 Å². The maximum Gasteiger partial charge on any atom is 0.170 e. The number of hydrogen-bond donors (Lipinski definition) is 1. The van der Waals surface area contributed by atoms with Gasteiger partial charge in [0.05, 0.1) is 5.92 Å². The lowest BCUT2D eigenvalue weighted by molar-refractivity contribution is -0.0594. The van der Waals surface area contributed by atoms with Gasteiger partial charge in [0.25, 0.3) is 0 Å². The number of carbonyl (C=O) groups is 1. The van der Waals surface area contributed by atoms with Crippen molar-refractivity contribution in [3.63, 3.8) is 0 Å². The molecular weight excluding hydrogens is 312 g/mol. The van der Waals surface area contributed by atoms with Crippen molar-refractivity contribution < 1.29 is 18.7 Å². The van der Waals surface area contributed by atoms with Gasteiger partial charge >= 0.3 is 0 Å². The number of halogens is 2. The van der Waals surface area contributed by atoms with Gasteiger partial charge in [-0.05, 0) is 55.4 Å². The van der Waals surface area contributed by atoms with Crippen LogP contribution in [0.5, 0.6) is 0 Å². The van der Waals surface area contributed by atoms with Crippen LogP contribution in [0.4, 0.5) is 8.78 Å². The van der Waals surface area contributed by atoms with Crippen LogP contribution >= 0.6 is 0 Å². The zero-order chi connectivity index (χ0) is 17.3. The SMILES string of the molecule is CN1CC[C@@](O)(c2ccc(F)cc2)[C@@H](C(=O)c2ccc(F)cc2)C1. The molecule has 0 unspecified atom stereocenters. The zero-order valence-electron chi connectivity index (χ0n) is 13.4. The fourth-order valence-corrected chi connectivity index (χ4v) is 3.29. The van der Waals surface area contributed by atoms with E-state index in [9.17, 15) is 18.7 Å². The minimum Gasteiger partial charge on any atom is -0.384 e. The fourth-order valence-electron chi connectivity index (χ4n) is 3.29. The molecule has 3 rings (SSSR count). The number of likely N-dealkylation sites (tertiary alicyclic amines) is 1. The van der Waals surface area contributed by atoms with Crippen molar-refractivity contribution in [3.8, 4) is 0 Å². The van der Waals surface area contributed by atoms with E-state index in [1.807, 2.05) is 11.9 Å². The number of rotatable bonds is 3. The summed E-state index contributed by atoms with van der Waals surface area (Å²) in [6.07, 6.45) is 0.368. The summed E-state index contributed by atoms with van der Waals surface area (Å²) >= 11 is 0. The molecule has 1 N–H and O–H groups in total. The van der Waals surface area contributed by atoms with E-state index in [1.165, 1.54) is 48.5 Å². The first-order valence-electron chi connectivity index (χ1n) is 7.87. The smallest absolute Gasteiger partial charge is 0.170 e. The second-order valence-electron chi connectivity index (χ2n) is 6.37. The van der Waals surface area contributed by atoms with Gasteiger partial charge in [0.2, 0.25) is 0 Å². The van der Waals surface area contributed by atoms with Gasteiger partial charge in [0.15, 0.2) is 5.78 Å². The Morgan fingerprint density at radius 2 is 1.62 bits per heavy atom. The van der Waals surface area contributed by atoms with Gasteiger partial charge in [-0.15, -0.1) is 0 Å². The predicted octanol–water partition coefficient (Wildman–Crippen LogP) is 2.99. The highest BCUT2D eigenvalue weighted by Crippen LogP contribution is 2.39. The lowest BCUT2D eigenvalue weighted by Crippen LogP contribution is -2.52. The Hall–Kier alpha value is -2.11. The first-order valence-corrected chi connectivity index (χ1v) is 7.87. The van der Waals surface area contributed by atoms with Crippen molar-refractivity contribution in [2.75, 3.05) is 20.1 Å². The van der Waals surface area contributed by atoms with Crippen LogP contribution in [-0.2, 0) is 5.60 Å². The Balaban J connectivity index is 1.98. The van der Waals surface area contributed by atoms with Crippen molar-refractivity contribution in [2.45, 2.75) is 12.0 Å². The van der Waals surface area contributed by atoms with Gasteiger partial charge in [0, 0.05) is 18.7 Å². The first kappa shape index (κ1) is 16.7. The van der Waals surface area contributed by atoms with E-state index in [0.29, 0.717) is 30.6 Å². The molecule has 0 aliphatic carbocycles. The third kappa shape index (κ3) is 3.09. The van der Waals surface area contributed by atoms with Gasteiger partial charge in [-0.1, -0.05) is 12.1 Å². The number of nitrogens with zero attached hydrogens (tertiary/aromatic N) is 1. The van der Waals surface area contributed by atoms with Crippen LogP contribution in [-0.4, -0.2) is 35.9 Å². The standard InChI is InChI=1S/C19H19F2NO2/c1-22-11-10-19(24,14-4-8-16(21)9-5-14)17(12-22)18(23)13-2-6-15(20)7-3-13/h2-9,17,24H,10-12H2,1H3/t17-,19-/m1/s1. The average Bonchev–Trinajstić information content (AvgIpc) is 2.58. The average molecular weight is 331 g/mol. The van der Waals surface area contributed by atoms with Gasteiger partial charge in [-0.2, -0.15) is 0 Å². The summed E-state index contributed by atoms with van der Waals surface area (Å²) in [4.78, 5) is 14.9. The molecule has 3 nitrogen and oxygen atoms in total. The summed E-state index contributed by atoms with van der Waals surface area (Å²) in [5.74, 6) is -1.75. The van der Waals surface area contributed by atoms with Crippen LogP contribution in [0.1, 0.15) is 22.3 Å². The number of Topliss-reactive ketones (excluding diaryl/α,β-unsaturated/α-hetero) is 1. The highest BCUT2D eigenvalue weighted by atomic mass is 19.1. The Labute approximate surface area is 139 Å². The zero-order valence-corrected chi connectivity index (χ0v) is 13.4. The van der Waals surface area contributed by atoms with E-state index in [4.69, 9.17) is 0 Å². The molecule has 2 aromatic carbocycles. The van der Waals surface area contributed by atoms with Crippen LogP contribution in [0.25, 0.3) is 0 Å².